The molecule has 0 radical (unpaired) electrons. The molecular weight excluding hydrogens is 248 g/mol. The molecule has 1 atom stereocenters. The van der Waals surface area contributed by atoms with E-state index in [0.29, 0.717) is 12.6 Å². The van der Waals surface area contributed by atoms with Crippen LogP contribution in [0.1, 0.15) is 45.7 Å². The van der Waals surface area contributed by atoms with Crippen molar-refractivity contribution in [2.75, 3.05) is 6.54 Å². The third-order valence-electron chi connectivity index (χ3n) is 3.57. The molecule has 1 rings (SSSR count). The number of nitrogens with zero attached hydrogens (tertiary/aromatic N) is 2. The van der Waals surface area contributed by atoms with E-state index in [1.807, 2.05) is 32.0 Å². The molecule has 0 amide bonds. The average Bonchev–Trinajstić information content (AvgIpc) is 2.37. The van der Waals surface area contributed by atoms with E-state index in [-0.39, 0.29) is 6.10 Å². The number of aliphatic hydroxyl groups is 1. The minimum atomic E-state index is -0.496. The van der Waals surface area contributed by atoms with Gasteiger partial charge in [-0.15, -0.1) is 0 Å². The molecule has 0 aromatic heterocycles. The molecule has 1 unspecified atom stereocenters. The Labute approximate surface area is 122 Å². The Morgan fingerprint density at radius 2 is 1.85 bits per heavy atom. The minimum absolute atomic E-state index is 0.350. The van der Waals surface area contributed by atoms with E-state index in [2.05, 4.69) is 30.9 Å². The highest BCUT2D eigenvalue weighted by Crippen LogP contribution is 2.27. The lowest BCUT2D eigenvalue weighted by molar-refractivity contribution is 0.102. The number of nitriles is 1. The molecule has 0 aliphatic heterocycles. The van der Waals surface area contributed by atoms with Crippen LogP contribution in [0.2, 0.25) is 0 Å². The molecule has 0 heterocycles. The molecule has 110 valence electrons. The maximum Gasteiger partial charge on any atom is 0.0769 e. The molecule has 1 N–H and O–H groups in total. The predicted octanol–water partition coefficient (Wildman–Crippen LogP) is 3.08. The van der Waals surface area contributed by atoms with Crippen molar-refractivity contribution in [1.29, 1.82) is 5.26 Å². The second kappa shape index (κ2) is 6.88. The molecule has 3 nitrogen and oxygen atoms in total. The predicted molar refractivity (Wildman–Crippen MR) is 82.3 cm³/mol. The minimum Gasteiger partial charge on any atom is -0.392 e. The maximum absolute atomic E-state index is 9.63. The van der Waals surface area contributed by atoms with Crippen LogP contribution in [-0.2, 0) is 12.0 Å². The Morgan fingerprint density at radius 1 is 1.25 bits per heavy atom. The molecule has 3 heteroatoms. The second-order valence-corrected chi connectivity index (χ2v) is 6.27. The Hall–Kier alpha value is -1.37. The summed E-state index contributed by atoms with van der Waals surface area (Å²) in [4.78, 5) is 2.23. The van der Waals surface area contributed by atoms with Crippen molar-refractivity contribution in [2.45, 2.75) is 58.7 Å². The molecule has 0 aliphatic rings. The summed E-state index contributed by atoms with van der Waals surface area (Å²) in [5.41, 5.74) is 1.73. The molecule has 0 aliphatic carbocycles. The normalized spacial score (nSPS) is 13.6. The molecule has 0 spiro atoms. The third kappa shape index (κ3) is 4.33. The van der Waals surface area contributed by atoms with Gasteiger partial charge in [-0.3, -0.25) is 4.90 Å². The summed E-state index contributed by atoms with van der Waals surface area (Å²) in [6, 6.07) is 10.8. The highest BCUT2D eigenvalue weighted by atomic mass is 16.3. The van der Waals surface area contributed by atoms with Gasteiger partial charge in [0.15, 0.2) is 0 Å². The van der Waals surface area contributed by atoms with Gasteiger partial charge in [0.25, 0.3) is 0 Å². The van der Waals surface area contributed by atoms with Crippen LogP contribution in [0.15, 0.2) is 24.3 Å². The van der Waals surface area contributed by atoms with E-state index in [4.69, 9.17) is 0 Å². The van der Waals surface area contributed by atoms with Crippen molar-refractivity contribution in [1.82, 2.24) is 4.90 Å². The summed E-state index contributed by atoms with van der Waals surface area (Å²) >= 11 is 0. The molecular formula is C17H26N2O. The first-order chi connectivity index (χ1) is 9.27. The Kier molecular flexibility index (Phi) is 5.74. The lowest BCUT2D eigenvalue weighted by Crippen LogP contribution is -2.36. The van der Waals surface area contributed by atoms with Crippen LogP contribution in [0.4, 0.5) is 0 Å². The molecule has 0 bridgehead atoms. The summed E-state index contributed by atoms with van der Waals surface area (Å²) in [6.45, 7) is 11.3. The molecule has 0 fully saturated rings. The van der Waals surface area contributed by atoms with Crippen molar-refractivity contribution >= 4 is 0 Å². The van der Waals surface area contributed by atoms with Crippen LogP contribution in [0.5, 0.6) is 0 Å². The van der Waals surface area contributed by atoms with Crippen molar-refractivity contribution in [3.63, 3.8) is 0 Å². The highest BCUT2D eigenvalue weighted by Gasteiger charge is 2.24. The van der Waals surface area contributed by atoms with E-state index in [1.165, 1.54) is 0 Å². The van der Waals surface area contributed by atoms with Crippen LogP contribution in [0, 0.1) is 11.3 Å². The molecule has 20 heavy (non-hydrogen) atoms. The largest absolute Gasteiger partial charge is 0.392 e. The van der Waals surface area contributed by atoms with Crippen molar-refractivity contribution in [2.24, 2.45) is 0 Å². The van der Waals surface area contributed by atoms with Crippen molar-refractivity contribution < 1.29 is 5.11 Å². The second-order valence-electron chi connectivity index (χ2n) is 6.27. The van der Waals surface area contributed by atoms with E-state index >= 15 is 0 Å². The van der Waals surface area contributed by atoms with Gasteiger partial charge >= 0.3 is 0 Å². The number of hydrogen-bond acceptors (Lipinski definition) is 3. The Balaban J connectivity index is 3.05. The molecule has 1 aromatic carbocycles. The van der Waals surface area contributed by atoms with Crippen LogP contribution < -0.4 is 0 Å². The fourth-order valence-electron chi connectivity index (χ4n) is 2.34. The van der Waals surface area contributed by atoms with Crippen LogP contribution in [0.25, 0.3) is 0 Å². The van der Waals surface area contributed by atoms with E-state index in [1.54, 1.807) is 6.92 Å². The fourth-order valence-corrected chi connectivity index (χ4v) is 2.34. The van der Waals surface area contributed by atoms with Gasteiger partial charge in [0.1, 0.15) is 0 Å². The zero-order valence-electron chi connectivity index (χ0n) is 13.2. The zero-order valence-corrected chi connectivity index (χ0v) is 13.2. The summed E-state index contributed by atoms with van der Waals surface area (Å²) < 4.78 is 0. The first-order valence-electron chi connectivity index (χ1n) is 7.19. The summed E-state index contributed by atoms with van der Waals surface area (Å²) in [6.07, 6.45) is -0.353. The van der Waals surface area contributed by atoms with Gasteiger partial charge in [-0.1, -0.05) is 24.3 Å². The zero-order chi connectivity index (χ0) is 15.3. The molecule has 0 saturated carbocycles. The highest BCUT2D eigenvalue weighted by molar-refractivity contribution is 5.37. The lowest BCUT2D eigenvalue weighted by atomic mass is 9.83. The number of hydrogen-bond donors (Lipinski definition) is 1. The Morgan fingerprint density at radius 3 is 2.35 bits per heavy atom. The maximum atomic E-state index is 9.63. The first-order valence-corrected chi connectivity index (χ1v) is 7.19. The van der Waals surface area contributed by atoms with Gasteiger partial charge < -0.3 is 5.11 Å². The first kappa shape index (κ1) is 16.7. The van der Waals surface area contributed by atoms with Gasteiger partial charge in [-0.2, -0.15) is 5.26 Å². The van der Waals surface area contributed by atoms with Gasteiger partial charge in [0, 0.05) is 19.1 Å². The van der Waals surface area contributed by atoms with E-state index in [9.17, 15) is 10.4 Å². The van der Waals surface area contributed by atoms with Crippen molar-refractivity contribution in [3.8, 4) is 6.07 Å². The number of benzene rings is 1. The summed E-state index contributed by atoms with van der Waals surface area (Å²) in [5, 5.41) is 19.0. The fraction of sp³-hybridized carbons (Fsp3) is 0.588. The SMILES string of the molecule is CC(O)CN(Cc1ccccc1C(C)(C)C#N)C(C)C. The van der Waals surface area contributed by atoms with E-state index < -0.39 is 5.41 Å². The average molecular weight is 274 g/mol. The van der Waals surface area contributed by atoms with Gasteiger partial charge in [0.05, 0.1) is 17.6 Å². The summed E-state index contributed by atoms with van der Waals surface area (Å²) in [5.74, 6) is 0. The van der Waals surface area contributed by atoms with Gasteiger partial charge in [-0.25, -0.2) is 0 Å². The lowest BCUT2D eigenvalue weighted by Gasteiger charge is -2.30. The topological polar surface area (TPSA) is 47.3 Å². The quantitative estimate of drug-likeness (QED) is 0.867. The number of rotatable bonds is 6. The van der Waals surface area contributed by atoms with Gasteiger partial charge in [-0.05, 0) is 45.7 Å². The monoisotopic (exact) mass is 274 g/mol. The smallest absolute Gasteiger partial charge is 0.0769 e. The molecule has 0 saturated heterocycles. The van der Waals surface area contributed by atoms with Crippen molar-refractivity contribution in [3.05, 3.63) is 35.4 Å². The Bertz CT molecular complexity index is 472. The van der Waals surface area contributed by atoms with Crippen LogP contribution >= 0.6 is 0 Å². The third-order valence-corrected chi connectivity index (χ3v) is 3.57. The molecule has 1 aromatic rings. The van der Waals surface area contributed by atoms with Crippen LogP contribution in [-0.4, -0.2) is 28.7 Å². The van der Waals surface area contributed by atoms with Gasteiger partial charge in [0.2, 0.25) is 0 Å². The van der Waals surface area contributed by atoms with Crippen LogP contribution in [0.3, 0.4) is 0 Å². The number of aliphatic hydroxyl groups excluding tert-OH is 1. The standard InChI is InChI=1S/C17H26N2O/c1-13(2)19(10-14(3)20)11-15-8-6-7-9-16(15)17(4,5)12-18/h6-9,13-14,20H,10-11H2,1-5H3. The summed E-state index contributed by atoms with van der Waals surface area (Å²) in [7, 11) is 0. The van der Waals surface area contributed by atoms with E-state index in [0.717, 1.165) is 17.7 Å².